The van der Waals surface area contributed by atoms with Crippen LogP contribution in [0, 0.1) is 0 Å². The quantitative estimate of drug-likeness (QED) is 0.369. The number of carbonyl (C=O) groups is 2. The molecule has 166 valence electrons. The number of hydrogen-bond donors (Lipinski definition) is 1. The van der Waals surface area contributed by atoms with Gasteiger partial charge in [0.15, 0.2) is 0 Å². The van der Waals surface area contributed by atoms with E-state index in [2.05, 4.69) is 4.98 Å². The number of amides is 1. The van der Waals surface area contributed by atoms with Crippen LogP contribution in [0.5, 0.6) is 11.5 Å². The van der Waals surface area contributed by atoms with Crippen molar-refractivity contribution in [3.05, 3.63) is 94.8 Å². The van der Waals surface area contributed by atoms with Gasteiger partial charge in [-0.2, -0.15) is 0 Å². The van der Waals surface area contributed by atoms with Crippen molar-refractivity contribution in [3.63, 3.8) is 0 Å². The van der Waals surface area contributed by atoms with Crippen LogP contribution in [0.2, 0.25) is 0 Å². The van der Waals surface area contributed by atoms with Gasteiger partial charge in [-0.3, -0.25) is 14.6 Å². The average Bonchev–Trinajstić information content (AvgIpc) is 3.42. The molecule has 7 nitrogen and oxygen atoms in total. The highest BCUT2D eigenvalue weighted by atomic mass is 16.5. The SMILES string of the molecule is COc1cccc(C2/C(=C(/O)c3ccc4c(c3)CCO4)C(=O)C(=O)N2Cc2ccccn2)c1. The van der Waals surface area contributed by atoms with E-state index in [1.165, 1.54) is 4.90 Å². The largest absolute Gasteiger partial charge is 0.507 e. The molecule has 2 aliphatic heterocycles. The predicted molar refractivity (Wildman–Crippen MR) is 121 cm³/mol. The number of benzene rings is 2. The number of carbonyl (C=O) groups excluding carboxylic acids is 2. The van der Waals surface area contributed by atoms with E-state index >= 15 is 0 Å². The second kappa shape index (κ2) is 8.43. The maximum Gasteiger partial charge on any atom is 0.296 e. The summed E-state index contributed by atoms with van der Waals surface area (Å²) < 4.78 is 10.9. The number of aromatic nitrogens is 1. The molecule has 33 heavy (non-hydrogen) atoms. The molecule has 0 saturated carbocycles. The molecule has 0 bridgehead atoms. The molecule has 1 N–H and O–H groups in total. The molecule has 5 rings (SSSR count). The first-order chi connectivity index (χ1) is 16.1. The highest BCUT2D eigenvalue weighted by Gasteiger charge is 2.46. The van der Waals surface area contributed by atoms with E-state index in [0.717, 1.165) is 17.7 Å². The third-order valence-electron chi connectivity index (χ3n) is 5.97. The molecule has 7 heteroatoms. The zero-order valence-electron chi connectivity index (χ0n) is 18.0. The number of Topliss-reactive ketones (excluding diaryl/α,β-unsaturated/α-hetero) is 1. The lowest BCUT2D eigenvalue weighted by Crippen LogP contribution is -2.29. The summed E-state index contributed by atoms with van der Waals surface area (Å²) in [7, 11) is 1.55. The third kappa shape index (κ3) is 3.71. The summed E-state index contributed by atoms with van der Waals surface area (Å²) in [6.07, 6.45) is 2.36. The number of rotatable bonds is 5. The Bertz CT molecular complexity index is 1270. The molecule has 0 radical (unpaired) electrons. The molecule has 1 saturated heterocycles. The lowest BCUT2D eigenvalue weighted by atomic mass is 9.94. The maximum atomic E-state index is 13.2. The maximum absolute atomic E-state index is 13.2. The molecular formula is C26H22N2O5. The van der Waals surface area contributed by atoms with Crippen molar-refractivity contribution < 1.29 is 24.2 Å². The Kier molecular flexibility index (Phi) is 5.30. The fourth-order valence-electron chi connectivity index (χ4n) is 4.36. The van der Waals surface area contributed by atoms with Gasteiger partial charge in [0.25, 0.3) is 11.7 Å². The number of aliphatic hydroxyl groups is 1. The topological polar surface area (TPSA) is 89.0 Å². The summed E-state index contributed by atoms with van der Waals surface area (Å²) in [6, 6.07) is 17.1. The molecule has 0 aliphatic carbocycles. The monoisotopic (exact) mass is 442 g/mol. The first-order valence-corrected chi connectivity index (χ1v) is 10.6. The minimum absolute atomic E-state index is 0.0445. The number of nitrogens with zero attached hydrogens (tertiary/aromatic N) is 2. The van der Waals surface area contributed by atoms with E-state index in [9.17, 15) is 14.7 Å². The summed E-state index contributed by atoms with van der Waals surface area (Å²) in [4.78, 5) is 32.1. The van der Waals surface area contributed by atoms with Crippen molar-refractivity contribution in [2.24, 2.45) is 0 Å². The van der Waals surface area contributed by atoms with E-state index in [4.69, 9.17) is 9.47 Å². The Morgan fingerprint density at radius 2 is 2.03 bits per heavy atom. The van der Waals surface area contributed by atoms with Crippen LogP contribution in [-0.4, -0.2) is 40.4 Å². The van der Waals surface area contributed by atoms with E-state index in [-0.39, 0.29) is 17.9 Å². The number of hydrogen-bond acceptors (Lipinski definition) is 6. The highest BCUT2D eigenvalue weighted by molar-refractivity contribution is 6.46. The van der Waals surface area contributed by atoms with Crippen LogP contribution in [-0.2, 0) is 22.6 Å². The Balaban J connectivity index is 1.65. The molecule has 1 aromatic heterocycles. The van der Waals surface area contributed by atoms with Crippen molar-refractivity contribution >= 4 is 17.4 Å². The lowest BCUT2D eigenvalue weighted by Gasteiger charge is -2.25. The minimum Gasteiger partial charge on any atom is -0.507 e. The highest BCUT2D eigenvalue weighted by Crippen LogP contribution is 2.41. The average molecular weight is 442 g/mol. The lowest BCUT2D eigenvalue weighted by molar-refractivity contribution is -0.140. The number of aliphatic hydroxyl groups excluding tert-OH is 1. The van der Waals surface area contributed by atoms with Crippen LogP contribution in [0.1, 0.15) is 28.4 Å². The van der Waals surface area contributed by atoms with Crippen LogP contribution >= 0.6 is 0 Å². The van der Waals surface area contributed by atoms with E-state index in [0.29, 0.717) is 29.2 Å². The summed E-state index contributed by atoms with van der Waals surface area (Å²) in [5.41, 5.74) is 2.78. The zero-order valence-corrected chi connectivity index (χ0v) is 18.0. The molecule has 3 heterocycles. The number of ketones is 1. The number of fused-ring (bicyclic) bond motifs is 1. The molecular weight excluding hydrogens is 420 g/mol. The number of likely N-dealkylation sites (tertiary alicyclic amines) is 1. The smallest absolute Gasteiger partial charge is 0.296 e. The van der Waals surface area contributed by atoms with Crippen molar-refractivity contribution in [3.8, 4) is 11.5 Å². The molecule has 3 aromatic rings. The summed E-state index contributed by atoms with van der Waals surface area (Å²) >= 11 is 0. The Morgan fingerprint density at radius 3 is 2.82 bits per heavy atom. The molecule has 1 unspecified atom stereocenters. The van der Waals surface area contributed by atoms with Crippen molar-refractivity contribution in [2.75, 3.05) is 13.7 Å². The molecule has 2 aliphatic rings. The Hall–Kier alpha value is -4.13. The van der Waals surface area contributed by atoms with Gasteiger partial charge in [-0.25, -0.2) is 0 Å². The molecule has 0 spiro atoms. The van der Waals surface area contributed by atoms with Gasteiger partial charge in [0, 0.05) is 18.2 Å². The minimum atomic E-state index is -0.786. The van der Waals surface area contributed by atoms with Gasteiger partial charge < -0.3 is 19.5 Å². The molecule has 2 aromatic carbocycles. The number of ether oxygens (including phenoxy) is 2. The zero-order chi connectivity index (χ0) is 22.9. The molecule has 1 amide bonds. The third-order valence-corrected chi connectivity index (χ3v) is 5.97. The molecule has 1 fully saturated rings. The Labute approximate surface area is 190 Å². The van der Waals surface area contributed by atoms with Crippen LogP contribution in [0.3, 0.4) is 0 Å². The standard InChI is InChI=1S/C26H22N2O5/c1-32-20-7-4-5-17(14-20)23-22(24(29)18-8-9-21-16(13-18)10-12-33-21)25(30)26(31)28(23)15-19-6-2-3-11-27-19/h2-9,11,13-14,23,29H,10,12,15H2,1H3/b24-22-. The van der Waals surface area contributed by atoms with Gasteiger partial charge in [-0.15, -0.1) is 0 Å². The van der Waals surface area contributed by atoms with E-state index in [1.807, 2.05) is 18.2 Å². The van der Waals surface area contributed by atoms with Gasteiger partial charge in [0.1, 0.15) is 17.3 Å². The van der Waals surface area contributed by atoms with Gasteiger partial charge in [-0.05, 0) is 53.6 Å². The summed E-state index contributed by atoms with van der Waals surface area (Å²) in [5, 5.41) is 11.3. The van der Waals surface area contributed by atoms with Crippen LogP contribution in [0.4, 0.5) is 0 Å². The van der Waals surface area contributed by atoms with Gasteiger partial charge in [0.05, 0.1) is 37.6 Å². The fraction of sp³-hybridized carbons (Fsp3) is 0.192. The first-order valence-electron chi connectivity index (χ1n) is 10.6. The van der Waals surface area contributed by atoms with Gasteiger partial charge >= 0.3 is 0 Å². The Morgan fingerprint density at radius 1 is 1.15 bits per heavy atom. The van der Waals surface area contributed by atoms with Crippen molar-refractivity contribution in [2.45, 2.75) is 19.0 Å². The molecule has 1 atom stereocenters. The van der Waals surface area contributed by atoms with Crippen LogP contribution < -0.4 is 9.47 Å². The number of methoxy groups -OCH3 is 1. The van der Waals surface area contributed by atoms with E-state index in [1.54, 1.807) is 55.8 Å². The van der Waals surface area contributed by atoms with E-state index < -0.39 is 17.7 Å². The normalized spacial score (nSPS) is 18.8. The second-order valence-corrected chi connectivity index (χ2v) is 7.95. The predicted octanol–water partition coefficient (Wildman–Crippen LogP) is 3.65. The van der Waals surface area contributed by atoms with Crippen LogP contribution in [0.25, 0.3) is 5.76 Å². The fourth-order valence-corrected chi connectivity index (χ4v) is 4.36. The van der Waals surface area contributed by atoms with Crippen molar-refractivity contribution in [1.29, 1.82) is 0 Å². The van der Waals surface area contributed by atoms with Gasteiger partial charge in [0.2, 0.25) is 0 Å². The summed E-state index contributed by atoms with van der Waals surface area (Å²) in [5.74, 6) is -0.260. The number of pyridine rings is 1. The second-order valence-electron chi connectivity index (χ2n) is 7.95. The van der Waals surface area contributed by atoms with Crippen molar-refractivity contribution in [1.82, 2.24) is 9.88 Å². The van der Waals surface area contributed by atoms with Crippen LogP contribution in [0.15, 0.2) is 72.4 Å². The van der Waals surface area contributed by atoms with Gasteiger partial charge in [-0.1, -0.05) is 18.2 Å². The first kappa shape index (κ1) is 20.8. The summed E-state index contributed by atoms with van der Waals surface area (Å²) in [6.45, 7) is 0.708.